The summed E-state index contributed by atoms with van der Waals surface area (Å²) in [6, 6.07) is 5.94. The van der Waals surface area contributed by atoms with E-state index in [0.717, 1.165) is 39.9 Å². The number of fused-ring (bicyclic) bond motifs is 2. The molecule has 0 bridgehead atoms. The predicted octanol–water partition coefficient (Wildman–Crippen LogP) is 5.05. The first-order chi connectivity index (χ1) is 11.0. The van der Waals surface area contributed by atoms with E-state index in [2.05, 4.69) is 40.5 Å². The highest BCUT2D eigenvalue weighted by Gasteiger charge is 2.29. The first-order valence-corrected chi connectivity index (χ1v) is 9.70. The van der Waals surface area contributed by atoms with E-state index in [-0.39, 0.29) is 30.4 Å². The fourth-order valence-corrected chi connectivity index (χ4v) is 4.86. The molecule has 0 atom stereocenters. The van der Waals surface area contributed by atoms with Gasteiger partial charge in [-0.05, 0) is 37.0 Å². The quantitative estimate of drug-likeness (QED) is 0.703. The van der Waals surface area contributed by atoms with Gasteiger partial charge in [0.15, 0.2) is 10.3 Å². The van der Waals surface area contributed by atoms with Crippen molar-refractivity contribution in [2.24, 2.45) is 9.98 Å². The van der Waals surface area contributed by atoms with Crippen LogP contribution in [0.5, 0.6) is 0 Å². The molecule has 4 rings (SSSR count). The van der Waals surface area contributed by atoms with Crippen LogP contribution in [0.25, 0.3) is 0 Å². The molecule has 0 amide bonds. The van der Waals surface area contributed by atoms with Crippen molar-refractivity contribution in [2.45, 2.75) is 25.9 Å². The Hall–Kier alpha value is -0.530. The number of nitrogens with one attached hydrogen (secondary N) is 1. The summed E-state index contributed by atoms with van der Waals surface area (Å²) >= 11 is 9.51. The van der Waals surface area contributed by atoms with Crippen LogP contribution in [-0.2, 0) is 6.54 Å². The lowest BCUT2D eigenvalue weighted by atomic mass is 10.1. The van der Waals surface area contributed by atoms with Crippen molar-refractivity contribution in [3.63, 3.8) is 0 Å². The number of nitrogens with zero attached hydrogens (tertiary/aromatic N) is 3. The largest absolute Gasteiger partial charge is 0.358 e. The van der Waals surface area contributed by atoms with E-state index < -0.39 is 0 Å². The molecule has 136 valence electrons. The normalized spacial score (nSPS) is 19.5. The molecule has 1 aromatic carbocycles. The second-order valence-corrected chi connectivity index (χ2v) is 8.64. The molecule has 25 heavy (non-hydrogen) atoms. The Morgan fingerprint density at radius 2 is 2.16 bits per heavy atom. The predicted molar refractivity (Wildman–Crippen MR) is 116 cm³/mol. The van der Waals surface area contributed by atoms with Gasteiger partial charge in [-0.2, -0.15) is 0 Å². The topological polar surface area (TPSA) is 40.0 Å². The van der Waals surface area contributed by atoms with Crippen molar-refractivity contribution >= 4 is 76.0 Å². The number of rotatable bonds is 2. The zero-order valence-corrected chi connectivity index (χ0v) is 17.8. The maximum absolute atomic E-state index is 6.07. The van der Waals surface area contributed by atoms with E-state index in [9.17, 15) is 0 Å². The molecule has 4 nitrogen and oxygen atoms in total. The van der Waals surface area contributed by atoms with Crippen LogP contribution in [0.3, 0.4) is 0 Å². The van der Waals surface area contributed by atoms with E-state index in [0.29, 0.717) is 0 Å². The van der Waals surface area contributed by atoms with Gasteiger partial charge in [0, 0.05) is 16.5 Å². The van der Waals surface area contributed by atoms with Crippen LogP contribution in [0, 0.1) is 0 Å². The van der Waals surface area contributed by atoms with Crippen molar-refractivity contribution in [2.75, 3.05) is 12.3 Å². The Balaban J connectivity index is 0.00000113. The molecule has 1 N–H and O–H groups in total. The molecular formula is C16H19Cl3N4S2. The highest BCUT2D eigenvalue weighted by Crippen LogP contribution is 2.38. The molecule has 0 aliphatic carbocycles. The molecular weight excluding hydrogens is 419 g/mol. The number of halogens is 3. The molecule has 0 saturated heterocycles. The first kappa shape index (κ1) is 20.8. The van der Waals surface area contributed by atoms with Gasteiger partial charge < -0.3 is 10.2 Å². The Kier molecular flexibility index (Phi) is 6.65. The monoisotopic (exact) mass is 436 g/mol. The van der Waals surface area contributed by atoms with Crippen LogP contribution in [0.4, 0.5) is 5.69 Å². The zero-order valence-electron chi connectivity index (χ0n) is 13.8. The first-order valence-electron chi connectivity index (χ1n) is 7.46. The van der Waals surface area contributed by atoms with E-state index in [1.54, 1.807) is 23.5 Å². The fourth-order valence-electron chi connectivity index (χ4n) is 2.65. The molecule has 3 heterocycles. The van der Waals surface area contributed by atoms with Gasteiger partial charge in [-0.1, -0.05) is 41.2 Å². The van der Waals surface area contributed by atoms with Crippen molar-refractivity contribution in [3.05, 3.63) is 39.9 Å². The van der Waals surface area contributed by atoms with Gasteiger partial charge in [-0.15, -0.1) is 24.8 Å². The molecule has 0 unspecified atom stereocenters. The van der Waals surface area contributed by atoms with Gasteiger partial charge >= 0.3 is 0 Å². The summed E-state index contributed by atoms with van der Waals surface area (Å²) in [4.78, 5) is 11.6. The number of thioether (sulfide) groups is 2. The van der Waals surface area contributed by atoms with Crippen LogP contribution >= 0.6 is 59.9 Å². The van der Waals surface area contributed by atoms with Crippen LogP contribution in [0.1, 0.15) is 19.4 Å². The standard InChI is InChI=1S/C16H17ClN4S2.2ClH/c1-16(2)9-18-14(20-16)22-7-12-8-23-15-19-13-5-11(17)4-3-10(13)6-21(12)15;;/h3-5,8H,6-7,9H2,1-2H3,(H,18,20);2*1H. The number of hydrogen-bond donors (Lipinski definition) is 1. The van der Waals surface area contributed by atoms with E-state index in [1.165, 1.54) is 11.3 Å². The number of amidine groups is 2. The second kappa shape index (κ2) is 8.01. The molecule has 3 aliphatic heterocycles. The molecule has 3 aliphatic rings. The summed E-state index contributed by atoms with van der Waals surface area (Å²) in [5.74, 6) is 0.900. The lowest BCUT2D eigenvalue weighted by Crippen LogP contribution is -2.38. The lowest BCUT2D eigenvalue weighted by molar-refractivity contribution is 0.507. The van der Waals surface area contributed by atoms with E-state index >= 15 is 0 Å². The van der Waals surface area contributed by atoms with Gasteiger partial charge in [0.05, 0.1) is 24.3 Å². The summed E-state index contributed by atoms with van der Waals surface area (Å²) in [6.07, 6.45) is 0. The Bertz CT molecular complexity index is 762. The minimum Gasteiger partial charge on any atom is -0.358 e. The lowest BCUT2D eigenvalue weighted by Gasteiger charge is -2.27. The summed E-state index contributed by atoms with van der Waals surface area (Å²) in [7, 11) is 0. The van der Waals surface area contributed by atoms with Crippen molar-refractivity contribution in [1.29, 1.82) is 0 Å². The summed E-state index contributed by atoms with van der Waals surface area (Å²) < 4.78 is 0. The van der Waals surface area contributed by atoms with Crippen LogP contribution in [-0.4, -0.2) is 33.1 Å². The smallest absolute Gasteiger partial charge is 0.173 e. The number of benzene rings is 1. The SMILES string of the molecule is CC1(C)CN=C(SCC2=CSC3=Nc4cc(Cl)ccc4CN23)N1.Cl.Cl. The molecule has 0 aromatic heterocycles. The Morgan fingerprint density at radius 3 is 2.88 bits per heavy atom. The molecule has 0 spiro atoms. The van der Waals surface area contributed by atoms with Crippen molar-refractivity contribution in [3.8, 4) is 0 Å². The van der Waals surface area contributed by atoms with Gasteiger partial charge in [0.1, 0.15) is 0 Å². The maximum atomic E-state index is 6.07. The van der Waals surface area contributed by atoms with Crippen molar-refractivity contribution < 1.29 is 0 Å². The van der Waals surface area contributed by atoms with Gasteiger partial charge in [0.25, 0.3) is 0 Å². The molecule has 9 heteroatoms. The van der Waals surface area contributed by atoms with Gasteiger partial charge in [0.2, 0.25) is 0 Å². The highest BCUT2D eigenvalue weighted by atomic mass is 35.5. The summed E-state index contributed by atoms with van der Waals surface area (Å²) in [5, 5.41) is 8.47. The number of aliphatic imine (C=N–C) groups is 2. The molecule has 0 radical (unpaired) electrons. The third kappa shape index (κ3) is 4.42. The van der Waals surface area contributed by atoms with Gasteiger partial charge in [-0.25, -0.2) is 4.99 Å². The summed E-state index contributed by atoms with van der Waals surface area (Å²) in [6.45, 7) is 6.04. The van der Waals surface area contributed by atoms with Crippen LogP contribution in [0.2, 0.25) is 5.02 Å². The third-order valence-electron chi connectivity index (χ3n) is 3.89. The maximum Gasteiger partial charge on any atom is 0.173 e. The Morgan fingerprint density at radius 1 is 1.36 bits per heavy atom. The third-order valence-corrected chi connectivity index (χ3v) is 5.98. The van der Waals surface area contributed by atoms with Crippen LogP contribution in [0.15, 0.2) is 39.3 Å². The fraction of sp³-hybridized carbons (Fsp3) is 0.375. The molecule has 0 saturated carbocycles. The minimum atomic E-state index is 0. The highest BCUT2D eigenvalue weighted by molar-refractivity contribution is 8.17. The van der Waals surface area contributed by atoms with Gasteiger partial charge in [-0.3, -0.25) is 4.99 Å². The summed E-state index contributed by atoms with van der Waals surface area (Å²) in [5.41, 5.74) is 3.57. The Labute approximate surface area is 173 Å². The van der Waals surface area contributed by atoms with E-state index in [1.807, 2.05) is 12.1 Å². The minimum absolute atomic E-state index is 0. The average Bonchev–Trinajstić information content (AvgIpc) is 3.05. The van der Waals surface area contributed by atoms with E-state index in [4.69, 9.17) is 16.6 Å². The molecule has 0 fully saturated rings. The molecule has 1 aromatic rings. The second-order valence-electron chi connectivity index (χ2n) is 6.40. The van der Waals surface area contributed by atoms with Crippen molar-refractivity contribution in [1.82, 2.24) is 10.2 Å². The van der Waals surface area contributed by atoms with Crippen LogP contribution < -0.4 is 5.32 Å². The zero-order chi connectivity index (χ0) is 16.0. The average molecular weight is 438 g/mol. The number of hydrogen-bond acceptors (Lipinski definition) is 6.